The summed E-state index contributed by atoms with van der Waals surface area (Å²) in [6.07, 6.45) is -0.292. The van der Waals surface area contributed by atoms with E-state index in [1.165, 1.54) is 0 Å². The minimum atomic E-state index is -1.59. The normalized spacial score (nSPS) is 6.71. The van der Waals surface area contributed by atoms with Crippen LogP contribution in [0.5, 0.6) is 0 Å². The van der Waals surface area contributed by atoms with E-state index in [1.807, 2.05) is 0 Å². The summed E-state index contributed by atoms with van der Waals surface area (Å²) in [7, 11) is 0. The van der Waals surface area contributed by atoms with Crippen LogP contribution in [0.15, 0.2) is 12.2 Å². The zero-order valence-corrected chi connectivity index (χ0v) is 3.54. The number of rotatable bonds is 1. The SMILES string of the molecule is C.CCC=C(F)F. The molecule has 0 nitrogen and oxygen atoms in total. The summed E-state index contributed by atoms with van der Waals surface area (Å²) in [4.78, 5) is 0. The van der Waals surface area contributed by atoms with Crippen molar-refractivity contribution in [3.05, 3.63) is 12.2 Å². The molecule has 0 aromatic heterocycles. The molecule has 0 saturated carbocycles. The van der Waals surface area contributed by atoms with Gasteiger partial charge in [-0.15, -0.1) is 0 Å². The lowest BCUT2D eigenvalue weighted by Crippen LogP contribution is -1.53. The van der Waals surface area contributed by atoms with Gasteiger partial charge in [-0.25, -0.2) is 0 Å². The molecule has 0 atom stereocenters. The van der Waals surface area contributed by atoms with Crippen LogP contribution in [0.25, 0.3) is 0 Å². The predicted molar refractivity (Wildman–Crippen MR) is 27.3 cm³/mol. The molecule has 2 heteroatoms. The van der Waals surface area contributed by atoms with Crippen molar-refractivity contribution in [3.63, 3.8) is 0 Å². The summed E-state index contributed by atoms with van der Waals surface area (Å²) in [6.45, 7) is 1.67. The summed E-state index contributed by atoms with van der Waals surface area (Å²) < 4.78 is 21.8. The molecule has 0 unspecified atom stereocenters. The molecule has 0 rings (SSSR count). The first-order valence-electron chi connectivity index (χ1n) is 1.78. The van der Waals surface area contributed by atoms with Gasteiger partial charge in [0, 0.05) is 0 Å². The first-order chi connectivity index (χ1) is 2.77. The Kier molecular flexibility index (Phi) is 7.83. The van der Waals surface area contributed by atoms with Crippen LogP contribution in [0.1, 0.15) is 20.8 Å². The number of hydrogen-bond donors (Lipinski definition) is 0. The standard InChI is InChI=1S/C4H6F2.CH4/c1-2-3-4(5)6;/h3H,2H2,1H3;1H4. The van der Waals surface area contributed by atoms with E-state index in [0.29, 0.717) is 6.42 Å². The second kappa shape index (κ2) is 5.60. The van der Waals surface area contributed by atoms with Crippen LogP contribution in [0.4, 0.5) is 8.78 Å². The van der Waals surface area contributed by atoms with Crippen molar-refractivity contribution in [2.45, 2.75) is 20.8 Å². The average Bonchev–Trinajstić information content (AvgIpc) is 1.35. The van der Waals surface area contributed by atoms with Gasteiger partial charge in [-0.3, -0.25) is 0 Å². The van der Waals surface area contributed by atoms with Gasteiger partial charge in [0.15, 0.2) is 0 Å². The molecular weight excluding hydrogens is 98.1 g/mol. The van der Waals surface area contributed by atoms with Gasteiger partial charge in [-0.2, -0.15) is 8.78 Å². The van der Waals surface area contributed by atoms with Crippen molar-refractivity contribution in [1.29, 1.82) is 0 Å². The van der Waals surface area contributed by atoms with E-state index in [4.69, 9.17) is 0 Å². The molecule has 0 saturated heterocycles. The zero-order chi connectivity index (χ0) is 4.99. The Balaban J connectivity index is 0. The maximum atomic E-state index is 10.9. The fourth-order valence-corrected chi connectivity index (χ4v) is 0.154. The summed E-state index contributed by atoms with van der Waals surface area (Å²) in [5.74, 6) is 0. The summed E-state index contributed by atoms with van der Waals surface area (Å²) >= 11 is 0. The van der Waals surface area contributed by atoms with Gasteiger partial charge >= 0.3 is 0 Å². The Bertz CT molecular complexity index is 53.1. The molecule has 0 aliphatic carbocycles. The van der Waals surface area contributed by atoms with Gasteiger partial charge in [-0.1, -0.05) is 14.4 Å². The van der Waals surface area contributed by atoms with Crippen molar-refractivity contribution in [2.75, 3.05) is 0 Å². The second-order valence-electron chi connectivity index (χ2n) is 0.902. The van der Waals surface area contributed by atoms with Crippen LogP contribution in [0.3, 0.4) is 0 Å². The Morgan fingerprint density at radius 1 is 1.57 bits per heavy atom. The van der Waals surface area contributed by atoms with E-state index in [0.717, 1.165) is 6.08 Å². The van der Waals surface area contributed by atoms with Gasteiger partial charge in [-0.05, 0) is 12.5 Å². The average molecular weight is 108 g/mol. The Morgan fingerprint density at radius 2 is 2.00 bits per heavy atom. The molecule has 0 spiro atoms. The van der Waals surface area contributed by atoms with E-state index in [1.54, 1.807) is 6.92 Å². The maximum Gasteiger partial charge on any atom is 0.266 e. The lowest BCUT2D eigenvalue weighted by molar-refractivity contribution is 0.418. The molecule has 44 valence electrons. The fourth-order valence-electron chi connectivity index (χ4n) is 0.154. The van der Waals surface area contributed by atoms with Crippen molar-refractivity contribution in [3.8, 4) is 0 Å². The van der Waals surface area contributed by atoms with Gasteiger partial charge in [0.1, 0.15) is 0 Å². The molecule has 0 amide bonds. The molecule has 0 N–H and O–H groups in total. The molecule has 7 heavy (non-hydrogen) atoms. The van der Waals surface area contributed by atoms with E-state index < -0.39 is 6.08 Å². The highest BCUT2D eigenvalue weighted by Crippen LogP contribution is 1.96. The molecule has 0 fully saturated rings. The van der Waals surface area contributed by atoms with Crippen molar-refractivity contribution < 1.29 is 8.78 Å². The first kappa shape index (κ1) is 9.78. The van der Waals surface area contributed by atoms with Gasteiger partial charge in [0.25, 0.3) is 6.08 Å². The molecule has 0 aromatic carbocycles. The molecule has 0 bridgehead atoms. The minimum absolute atomic E-state index is 0. The topological polar surface area (TPSA) is 0 Å². The monoisotopic (exact) mass is 108 g/mol. The quantitative estimate of drug-likeness (QED) is 0.484. The third-order valence-corrected chi connectivity index (χ3v) is 0.358. The van der Waals surface area contributed by atoms with Gasteiger partial charge in [0.2, 0.25) is 0 Å². The molecule has 0 aliphatic heterocycles. The van der Waals surface area contributed by atoms with Crippen molar-refractivity contribution in [1.82, 2.24) is 0 Å². The Labute approximate surface area is 42.8 Å². The Hall–Kier alpha value is -0.400. The van der Waals surface area contributed by atoms with E-state index in [-0.39, 0.29) is 7.43 Å². The largest absolute Gasteiger partial charge is 0.266 e. The molecular formula is C5H10F2. The minimum Gasteiger partial charge on any atom is -0.174 e. The summed E-state index contributed by atoms with van der Waals surface area (Å²) in [5, 5.41) is 0. The van der Waals surface area contributed by atoms with E-state index in [2.05, 4.69) is 0 Å². The number of halogens is 2. The van der Waals surface area contributed by atoms with Crippen LogP contribution in [0, 0.1) is 0 Å². The second-order valence-corrected chi connectivity index (χ2v) is 0.902. The number of allylic oxidation sites excluding steroid dienone is 1. The molecule has 0 aliphatic rings. The van der Waals surface area contributed by atoms with Crippen LogP contribution in [0.2, 0.25) is 0 Å². The highest BCUT2D eigenvalue weighted by Gasteiger charge is 1.78. The maximum absolute atomic E-state index is 10.9. The zero-order valence-electron chi connectivity index (χ0n) is 3.54. The summed E-state index contributed by atoms with van der Waals surface area (Å²) in [5.41, 5.74) is 0. The Morgan fingerprint density at radius 3 is 2.00 bits per heavy atom. The van der Waals surface area contributed by atoms with E-state index >= 15 is 0 Å². The fraction of sp³-hybridized carbons (Fsp3) is 0.600. The smallest absolute Gasteiger partial charge is 0.174 e. The lowest BCUT2D eigenvalue weighted by Gasteiger charge is -1.71. The molecule has 0 aromatic rings. The molecule has 0 heterocycles. The third-order valence-electron chi connectivity index (χ3n) is 0.358. The first-order valence-corrected chi connectivity index (χ1v) is 1.78. The highest BCUT2D eigenvalue weighted by atomic mass is 19.3. The highest BCUT2D eigenvalue weighted by molar-refractivity contribution is 4.77. The van der Waals surface area contributed by atoms with Crippen LogP contribution < -0.4 is 0 Å². The third kappa shape index (κ3) is 10.7. The van der Waals surface area contributed by atoms with Crippen molar-refractivity contribution >= 4 is 0 Å². The van der Waals surface area contributed by atoms with Crippen LogP contribution >= 0.6 is 0 Å². The summed E-state index contributed by atoms with van der Waals surface area (Å²) in [6, 6.07) is 0. The van der Waals surface area contributed by atoms with Crippen molar-refractivity contribution in [2.24, 2.45) is 0 Å². The predicted octanol–water partition coefficient (Wildman–Crippen LogP) is 2.81. The van der Waals surface area contributed by atoms with Gasteiger partial charge < -0.3 is 0 Å². The van der Waals surface area contributed by atoms with Gasteiger partial charge in [0.05, 0.1) is 0 Å². The number of hydrogen-bond acceptors (Lipinski definition) is 0. The van der Waals surface area contributed by atoms with Crippen LogP contribution in [-0.2, 0) is 0 Å². The van der Waals surface area contributed by atoms with E-state index in [9.17, 15) is 8.78 Å². The van der Waals surface area contributed by atoms with Crippen LogP contribution in [-0.4, -0.2) is 0 Å². The molecule has 0 radical (unpaired) electrons. The lowest BCUT2D eigenvalue weighted by atomic mass is 10.5.